The molecular formula is C25H30N4O. The van der Waals surface area contributed by atoms with Crippen molar-refractivity contribution in [2.24, 2.45) is 5.92 Å². The summed E-state index contributed by atoms with van der Waals surface area (Å²) < 4.78 is 1.84. The molecular weight excluding hydrogens is 372 g/mol. The molecule has 1 unspecified atom stereocenters. The molecule has 5 heteroatoms. The van der Waals surface area contributed by atoms with E-state index in [0.29, 0.717) is 12.8 Å². The van der Waals surface area contributed by atoms with Gasteiger partial charge in [-0.15, -0.1) is 0 Å². The van der Waals surface area contributed by atoms with Gasteiger partial charge in [0.25, 0.3) is 0 Å². The predicted octanol–water partition coefficient (Wildman–Crippen LogP) is 4.68. The van der Waals surface area contributed by atoms with Crippen molar-refractivity contribution in [3.63, 3.8) is 0 Å². The molecule has 0 aliphatic carbocycles. The number of rotatable bonds is 7. The maximum Gasteiger partial charge on any atom is 0.224 e. The fourth-order valence-corrected chi connectivity index (χ4v) is 4.07. The number of likely N-dealkylation sites (tertiary alicyclic amines) is 1. The summed E-state index contributed by atoms with van der Waals surface area (Å²) in [5, 5.41) is 7.40. The monoisotopic (exact) mass is 402 g/mol. The summed E-state index contributed by atoms with van der Waals surface area (Å²) in [6.45, 7) is 5.68. The highest BCUT2D eigenvalue weighted by molar-refractivity contribution is 5.90. The minimum absolute atomic E-state index is 0.0278. The molecule has 3 aromatic rings. The molecule has 5 nitrogen and oxygen atoms in total. The van der Waals surface area contributed by atoms with Crippen LogP contribution in [-0.2, 0) is 17.8 Å². The van der Waals surface area contributed by atoms with E-state index >= 15 is 0 Å². The molecule has 0 saturated carbocycles. The Morgan fingerprint density at radius 3 is 2.67 bits per heavy atom. The van der Waals surface area contributed by atoms with Gasteiger partial charge in [-0.3, -0.25) is 9.69 Å². The van der Waals surface area contributed by atoms with Crippen molar-refractivity contribution in [3.8, 4) is 5.69 Å². The van der Waals surface area contributed by atoms with Gasteiger partial charge in [0.05, 0.1) is 11.9 Å². The third-order valence-corrected chi connectivity index (χ3v) is 5.68. The molecule has 0 spiro atoms. The third kappa shape index (κ3) is 5.57. The Hall–Kier alpha value is -2.92. The molecule has 0 radical (unpaired) electrons. The smallest absolute Gasteiger partial charge is 0.224 e. The Morgan fingerprint density at radius 2 is 1.90 bits per heavy atom. The Balaban J connectivity index is 1.25. The largest absolute Gasteiger partial charge is 0.326 e. The van der Waals surface area contributed by atoms with Crippen LogP contribution < -0.4 is 5.32 Å². The van der Waals surface area contributed by atoms with Gasteiger partial charge in [-0.25, -0.2) is 4.68 Å². The quantitative estimate of drug-likeness (QED) is 0.624. The van der Waals surface area contributed by atoms with Crippen LogP contribution in [0.2, 0.25) is 0 Å². The van der Waals surface area contributed by atoms with Crippen LogP contribution in [0.25, 0.3) is 5.69 Å². The fourth-order valence-electron chi connectivity index (χ4n) is 4.07. The van der Waals surface area contributed by atoms with E-state index in [9.17, 15) is 4.79 Å². The summed E-state index contributed by atoms with van der Waals surface area (Å²) in [5.74, 6) is 0.817. The second-order valence-electron chi connectivity index (χ2n) is 8.36. The number of carbonyl (C=O) groups excluding carboxylic acids is 1. The lowest BCUT2D eigenvalue weighted by molar-refractivity contribution is -0.116. The highest BCUT2D eigenvalue weighted by Gasteiger charge is 2.16. The Bertz CT molecular complexity index is 949. The summed E-state index contributed by atoms with van der Waals surface area (Å²) in [5.41, 5.74) is 4.23. The van der Waals surface area contributed by atoms with Crippen molar-refractivity contribution in [2.45, 2.75) is 39.2 Å². The van der Waals surface area contributed by atoms with Crippen molar-refractivity contribution in [2.75, 3.05) is 18.4 Å². The van der Waals surface area contributed by atoms with Gasteiger partial charge in [-0.2, -0.15) is 5.10 Å². The summed E-state index contributed by atoms with van der Waals surface area (Å²) >= 11 is 0. The van der Waals surface area contributed by atoms with Crippen LogP contribution in [0.4, 0.5) is 5.69 Å². The number of anilines is 1. The molecule has 156 valence electrons. The molecule has 2 aromatic carbocycles. The number of para-hydroxylation sites is 1. The van der Waals surface area contributed by atoms with Gasteiger partial charge in [0.2, 0.25) is 5.91 Å². The average molecular weight is 403 g/mol. The summed E-state index contributed by atoms with van der Waals surface area (Å²) in [6.07, 6.45) is 7.56. The molecule has 1 fully saturated rings. The zero-order valence-electron chi connectivity index (χ0n) is 17.6. The van der Waals surface area contributed by atoms with Gasteiger partial charge in [0.1, 0.15) is 0 Å². The first kappa shape index (κ1) is 20.4. The zero-order valence-corrected chi connectivity index (χ0v) is 17.6. The molecule has 1 aromatic heterocycles. The van der Waals surface area contributed by atoms with Crippen LogP contribution in [0.5, 0.6) is 0 Å². The number of nitrogens with one attached hydrogen (secondary N) is 1. The van der Waals surface area contributed by atoms with E-state index in [4.69, 9.17) is 0 Å². The molecule has 1 atom stereocenters. The van der Waals surface area contributed by atoms with E-state index in [0.717, 1.165) is 29.4 Å². The van der Waals surface area contributed by atoms with Gasteiger partial charge >= 0.3 is 0 Å². The van der Waals surface area contributed by atoms with Crippen LogP contribution in [-0.4, -0.2) is 33.7 Å². The fraction of sp³-hybridized carbons (Fsp3) is 0.360. The number of aromatic nitrogens is 2. The van der Waals surface area contributed by atoms with Crippen molar-refractivity contribution in [3.05, 3.63) is 78.1 Å². The number of nitrogens with zero attached hydrogens (tertiary/aromatic N) is 3. The number of amides is 1. The number of aryl methyl sites for hydroxylation is 1. The zero-order chi connectivity index (χ0) is 20.8. The number of benzene rings is 2. The van der Waals surface area contributed by atoms with Crippen LogP contribution in [0.3, 0.4) is 0 Å². The van der Waals surface area contributed by atoms with Crippen LogP contribution in [0, 0.1) is 5.92 Å². The lowest BCUT2D eigenvalue weighted by Gasteiger charge is -2.30. The normalized spacial score (nSPS) is 17.0. The van der Waals surface area contributed by atoms with Gasteiger partial charge in [0, 0.05) is 31.4 Å². The molecule has 2 heterocycles. The highest BCUT2D eigenvalue weighted by atomic mass is 16.1. The van der Waals surface area contributed by atoms with Gasteiger partial charge < -0.3 is 5.32 Å². The van der Waals surface area contributed by atoms with Crippen molar-refractivity contribution in [1.29, 1.82) is 0 Å². The first-order valence-electron chi connectivity index (χ1n) is 10.9. The third-order valence-electron chi connectivity index (χ3n) is 5.68. The van der Waals surface area contributed by atoms with Crippen LogP contribution in [0.15, 0.2) is 67.0 Å². The van der Waals surface area contributed by atoms with Gasteiger partial charge in [-0.1, -0.05) is 37.3 Å². The van der Waals surface area contributed by atoms with E-state index in [1.165, 1.54) is 31.5 Å². The molecule has 1 amide bonds. The molecule has 1 aliphatic heterocycles. The van der Waals surface area contributed by atoms with E-state index in [2.05, 4.69) is 34.4 Å². The maximum atomic E-state index is 12.4. The van der Waals surface area contributed by atoms with Crippen molar-refractivity contribution in [1.82, 2.24) is 14.7 Å². The molecule has 30 heavy (non-hydrogen) atoms. The lowest BCUT2D eigenvalue weighted by atomic mass is 10.00. The maximum absolute atomic E-state index is 12.4. The molecule has 1 saturated heterocycles. The van der Waals surface area contributed by atoms with Crippen LogP contribution >= 0.6 is 0 Å². The van der Waals surface area contributed by atoms with Gasteiger partial charge in [0.15, 0.2) is 0 Å². The van der Waals surface area contributed by atoms with E-state index in [1.807, 2.05) is 59.5 Å². The molecule has 0 bridgehead atoms. The highest BCUT2D eigenvalue weighted by Crippen LogP contribution is 2.19. The van der Waals surface area contributed by atoms with Gasteiger partial charge in [-0.05, 0) is 67.1 Å². The van der Waals surface area contributed by atoms with Crippen molar-refractivity contribution >= 4 is 11.6 Å². The van der Waals surface area contributed by atoms with E-state index in [1.54, 1.807) is 0 Å². The number of piperidine rings is 1. The van der Waals surface area contributed by atoms with Crippen molar-refractivity contribution < 1.29 is 4.79 Å². The summed E-state index contributed by atoms with van der Waals surface area (Å²) in [6, 6.07) is 18.3. The molecule has 1 N–H and O–H groups in total. The standard InChI is InChI=1S/C25H30N4O/c1-20-6-5-15-28(17-20)18-21-9-12-23(13-10-21)27-25(30)14-11-22-16-26-29(19-22)24-7-3-2-4-8-24/h2-4,7-10,12-13,16,19-20H,5-6,11,14-15,17-18H2,1H3,(H,27,30). The minimum atomic E-state index is 0.0278. The minimum Gasteiger partial charge on any atom is -0.326 e. The van der Waals surface area contributed by atoms with E-state index < -0.39 is 0 Å². The molecule has 1 aliphatic rings. The Labute approximate surface area is 178 Å². The average Bonchev–Trinajstić information content (AvgIpc) is 3.24. The predicted molar refractivity (Wildman–Crippen MR) is 121 cm³/mol. The first-order chi connectivity index (χ1) is 14.7. The Kier molecular flexibility index (Phi) is 6.60. The SMILES string of the molecule is CC1CCCN(Cc2ccc(NC(=O)CCc3cnn(-c4ccccc4)c3)cc2)C1. The first-order valence-corrected chi connectivity index (χ1v) is 10.9. The number of carbonyl (C=O) groups is 1. The van der Waals surface area contributed by atoms with Crippen LogP contribution in [0.1, 0.15) is 37.3 Å². The lowest BCUT2D eigenvalue weighted by Crippen LogP contribution is -2.33. The Morgan fingerprint density at radius 1 is 1.10 bits per heavy atom. The second-order valence-corrected chi connectivity index (χ2v) is 8.36. The summed E-state index contributed by atoms with van der Waals surface area (Å²) in [4.78, 5) is 14.9. The number of hydrogen-bond acceptors (Lipinski definition) is 3. The topological polar surface area (TPSA) is 50.2 Å². The second kappa shape index (κ2) is 9.72. The van der Waals surface area contributed by atoms with E-state index in [-0.39, 0.29) is 5.91 Å². The molecule has 4 rings (SSSR count). The number of hydrogen-bond donors (Lipinski definition) is 1. The summed E-state index contributed by atoms with van der Waals surface area (Å²) in [7, 11) is 0.